The Morgan fingerprint density at radius 2 is 1.70 bits per heavy atom. The molecular formula is C19H21ClO3. The monoisotopic (exact) mass is 332 g/mol. The number of benzene rings is 2. The molecule has 0 fully saturated rings. The molecule has 0 atom stereocenters. The summed E-state index contributed by atoms with van der Waals surface area (Å²) >= 11 is 5.58. The second-order valence-corrected chi connectivity index (χ2v) is 5.55. The van der Waals surface area contributed by atoms with E-state index in [1.165, 1.54) is 0 Å². The van der Waals surface area contributed by atoms with Gasteiger partial charge in [0.25, 0.3) is 0 Å². The molecule has 2 aromatic carbocycles. The van der Waals surface area contributed by atoms with Crippen LogP contribution in [-0.2, 0) is 11.3 Å². The molecule has 122 valence electrons. The van der Waals surface area contributed by atoms with Gasteiger partial charge in [-0.2, -0.15) is 0 Å². The summed E-state index contributed by atoms with van der Waals surface area (Å²) in [6.45, 7) is 1.18. The van der Waals surface area contributed by atoms with Crippen molar-refractivity contribution in [2.24, 2.45) is 0 Å². The predicted molar refractivity (Wildman–Crippen MR) is 92.3 cm³/mol. The Morgan fingerprint density at radius 1 is 0.957 bits per heavy atom. The molecule has 0 unspecified atom stereocenters. The van der Waals surface area contributed by atoms with E-state index >= 15 is 0 Å². The van der Waals surface area contributed by atoms with Crippen LogP contribution in [0, 0.1) is 0 Å². The third kappa shape index (κ3) is 6.43. The molecule has 4 heteroatoms. The van der Waals surface area contributed by atoms with Crippen LogP contribution < -0.4 is 4.74 Å². The van der Waals surface area contributed by atoms with E-state index in [9.17, 15) is 4.79 Å². The van der Waals surface area contributed by atoms with Crippen molar-refractivity contribution in [2.75, 3.05) is 19.1 Å². The van der Waals surface area contributed by atoms with Crippen molar-refractivity contribution in [2.45, 2.75) is 19.4 Å². The predicted octanol–water partition coefficient (Wildman–Crippen LogP) is 4.48. The second-order valence-electron chi connectivity index (χ2n) is 5.17. The topological polar surface area (TPSA) is 35.5 Å². The molecule has 0 saturated carbocycles. The summed E-state index contributed by atoms with van der Waals surface area (Å²) in [5.41, 5.74) is 1.74. The highest BCUT2D eigenvalue weighted by molar-refractivity contribution is 6.17. The zero-order valence-corrected chi connectivity index (χ0v) is 13.8. The van der Waals surface area contributed by atoms with Gasteiger partial charge in [-0.3, -0.25) is 4.79 Å². The first-order valence-corrected chi connectivity index (χ1v) is 8.27. The Bertz CT molecular complexity index is 581. The summed E-state index contributed by atoms with van der Waals surface area (Å²) in [5.74, 6) is 1.35. The minimum absolute atomic E-state index is 0.0227. The van der Waals surface area contributed by atoms with E-state index in [4.69, 9.17) is 21.1 Å². The van der Waals surface area contributed by atoms with E-state index in [1.807, 2.05) is 42.5 Å². The van der Waals surface area contributed by atoms with E-state index in [1.54, 1.807) is 12.1 Å². The summed E-state index contributed by atoms with van der Waals surface area (Å²) in [6, 6.07) is 17.1. The van der Waals surface area contributed by atoms with Gasteiger partial charge in [0, 0.05) is 18.1 Å². The van der Waals surface area contributed by atoms with Crippen LogP contribution in [0.3, 0.4) is 0 Å². The maximum absolute atomic E-state index is 12.0. The molecule has 0 spiro atoms. The van der Waals surface area contributed by atoms with Crippen molar-refractivity contribution in [3.63, 3.8) is 0 Å². The SMILES string of the molecule is O=C(COCCCCCl)c1ccc(OCc2ccccc2)cc1. The third-order valence-corrected chi connectivity index (χ3v) is 3.60. The maximum Gasteiger partial charge on any atom is 0.188 e. The standard InChI is InChI=1S/C19H21ClO3/c20-12-4-5-13-22-15-19(21)17-8-10-18(11-9-17)23-14-16-6-2-1-3-7-16/h1-3,6-11H,4-5,12-15H2. The number of Topliss-reactive ketones (excluding diaryl/α,β-unsaturated/α-hetero) is 1. The van der Waals surface area contributed by atoms with E-state index < -0.39 is 0 Å². The summed E-state index contributed by atoms with van der Waals surface area (Å²) in [5, 5.41) is 0. The zero-order chi connectivity index (χ0) is 16.3. The Hall–Kier alpha value is -1.84. The average Bonchev–Trinajstić information content (AvgIpc) is 2.61. The quantitative estimate of drug-likeness (QED) is 0.365. The van der Waals surface area contributed by atoms with Gasteiger partial charge in [-0.1, -0.05) is 30.3 Å². The first-order valence-electron chi connectivity index (χ1n) is 7.73. The highest BCUT2D eigenvalue weighted by Gasteiger charge is 2.06. The van der Waals surface area contributed by atoms with Gasteiger partial charge in [0.05, 0.1) is 0 Å². The number of ketones is 1. The van der Waals surface area contributed by atoms with Crippen LogP contribution in [0.25, 0.3) is 0 Å². The number of alkyl halides is 1. The minimum Gasteiger partial charge on any atom is -0.489 e. The first kappa shape index (κ1) is 17.5. The normalized spacial score (nSPS) is 10.5. The lowest BCUT2D eigenvalue weighted by molar-refractivity contribution is 0.0755. The number of rotatable bonds is 10. The van der Waals surface area contributed by atoms with Crippen LogP contribution in [0.15, 0.2) is 54.6 Å². The lowest BCUT2D eigenvalue weighted by Gasteiger charge is -2.07. The molecule has 0 aliphatic heterocycles. The number of carbonyl (C=O) groups excluding carboxylic acids is 1. The molecule has 0 radical (unpaired) electrons. The fraction of sp³-hybridized carbons (Fsp3) is 0.316. The van der Waals surface area contributed by atoms with Crippen molar-refractivity contribution in [1.82, 2.24) is 0 Å². The molecule has 0 N–H and O–H groups in total. The molecule has 23 heavy (non-hydrogen) atoms. The van der Waals surface area contributed by atoms with Crippen LogP contribution in [-0.4, -0.2) is 24.9 Å². The summed E-state index contributed by atoms with van der Waals surface area (Å²) in [7, 11) is 0. The molecule has 2 aromatic rings. The van der Waals surface area contributed by atoms with E-state index in [0.717, 1.165) is 24.2 Å². The van der Waals surface area contributed by atoms with Gasteiger partial charge in [-0.05, 0) is 42.7 Å². The molecular weight excluding hydrogens is 312 g/mol. The number of unbranched alkanes of at least 4 members (excludes halogenated alkanes) is 1. The Morgan fingerprint density at radius 3 is 2.39 bits per heavy atom. The average molecular weight is 333 g/mol. The summed E-state index contributed by atoms with van der Waals surface area (Å²) in [4.78, 5) is 12.0. The molecule has 0 bridgehead atoms. The third-order valence-electron chi connectivity index (χ3n) is 3.33. The molecule has 0 aliphatic rings. The number of halogens is 1. The van der Waals surface area contributed by atoms with Crippen LogP contribution in [0.4, 0.5) is 0 Å². The maximum atomic E-state index is 12.0. The van der Waals surface area contributed by atoms with Crippen molar-refractivity contribution < 1.29 is 14.3 Å². The highest BCUT2D eigenvalue weighted by Crippen LogP contribution is 2.14. The van der Waals surface area contributed by atoms with Crippen molar-refractivity contribution in [1.29, 1.82) is 0 Å². The summed E-state index contributed by atoms with van der Waals surface area (Å²) in [6.07, 6.45) is 1.78. The van der Waals surface area contributed by atoms with Crippen LogP contribution >= 0.6 is 11.6 Å². The number of ether oxygens (including phenoxy) is 2. The largest absolute Gasteiger partial charge is 0.489 e. The van der Waals surface area contributed by atoms with Crippen LogP contribution in [0.2, 0.25) is 0 Å². The van der Waals surface area contributed by atoms with Crippen molar-refractivity contribution in [3.8, 4) is 5.75 Å². The molecule has 0 heterocycles. The molecule has 3 nitrogen and oxygen atoms in total. The highest BCUT2D eigenvalue weighted by atomic mass is 35.5. The fourth-order valence-electron chi connectivity index (χ4n) is 2.02. The van der Waals surface area contributed by atoms with E-state index in [2.05, 4.69) is 0 Å². The van der Waals surface area contributed by atoms with Gasteiger partial charge in [0.2, 0.25) is 0 Å². The first-order chi connectivity index (χ1) is 11.3. The van der Waals surface area contributed by atoms with Gasteiger partial charge in [0.1, 0.15) is 19.0 Å². The number of hydrogen-bond acceptors (Lipinski definition) is 3. The van der Waals surface area contributed by atoms with E-state index in [-0.39, 0.29) is 12.4 Å². The Labute approximate surface area is 142 Å². The summed E-state index contributed by atoms with van der Waals surface area (Å²) < 4.78 is 11.0. The molecule has 0 amide bonds. The molecule has 2 rings (SSSR count). The van der Waals surface area contributed by atoms with Crippen molar-refractivity contribution >= 4 is 17.4 Å². The van der Waals surface area contributed by atoms with Crippen LogP contribution in [0.1, 0.15) is 28.8 Å². The fourth-order valence-corrected chi connectivity index (χ4v) is 2.21. The van der Waals surface area contributed by atoms with Gasteiger partial charge >= 0.3 is 0 Å². The van der Waals surface area contributed by atoms with Gasteiger partial charge < -0.3 is 9.47 Å². The number of hydrogen-bond donors (Lipinski definition) is 0. The molecule has 0 aliphatic carbocycles. The Kier molecular flexibility index (Phi) is 7.64. The van der Waals surface area contributed by atoms with Gasteiger partial charge in [0.15, 0.2) is 5.78 Å². The lowest BCUT2D eigenvalue weighted by atomic mass is 10.1. The lowest BCUT2D eigenvalue weighted by Crippen LogP contribution is -2.10. The number of carbonyl (C=O) groups is 1. The minimum atomic E-state index is -0.0227. The Balaban J connectivity index is 1.76. The van der Waals surface area contributed by atoms with Gasteiger partial charge in [-0.25, -0.2) is 0 Å². The molecule has 0 aromatic heterocycles. The zero-order valence-electron chi connectivity index (χ0n) is 13.0. The van der Waals surface area contributed by atoms with E-state index in [0.29, 0.717) is 24.7 Å². The van der Waals surface area contributed by atoms with Crippen LogP contribution in [0.5, 0.6) is 5.75 Å². The van der Waals surface area contributed by atoms with Crippen molar-refractivity contribution in [3.05, 3.63) is 65.7 Å². The smallest absolute Gasteiger partial charge is 0.188 e. The second kappa shape index (κ2) is 10.0. The van der Waals surface area contributed by atoms with Gasteiger partial charge in [-0.15, -0.1) is 11.6 Å². The molecule has 0 saturated heterocycles.